The lowest BCUT2D eigenvalue weighted by molar-refractivity contribution is -0.123. The molecule has 0 fully saturated rings. The summed E-state index contributed by atoms with van der Waals surface area (Å²) in [6.07, 6.45) is 3.74. The Kier molecular flexibility index (Phi) is 7.15. The number of ketones is 1. The van der Waals surface area contributed by atoms with Crippen molar-refractivity contribution in [3.05, 3.63) is 35.4 Å². The molecule has 2 nitrogen and oxygen atoms in total. The molecule has 1 unspecified atom stereocenters. The molecule has 0 amide bonds. The molecular weight excluding hydrogens is 258 g/mol. The Hall–Kier alpha value is -1.62. The number of nitrogens with zero attached hydrogens (tertiary/aromatic N) is 1. The lowest BCUT2D eigenvalue weighted by Crippen LogP contribution is -2.21. The minimum Gasteiger partial charge on any atom is -0.298 e. The highest BCUT2D eigenvalue weighted by Gasteiger charge is 2.27. The summed E-state index contributed by atoms with van der Waals surface area (Å²) >= 11 is 0. The molecule has 0 saturated carbocycles. The predicted octanol–water partition coefficient (Wildman–Crippen LogP) is 5.20. The van der Waals surface area contributed by atoms with Crippen LogP contribution in [-0.4, -0.2) is 5.78 Å². The molecule has 0 aliphatic carbocycles. The number of nitriles is 1. The van der Waals surface area contributed by atoms with Gasteiger partial charge in [0.15, 0.2) is 5.78 Å². The van der Waals surface area contributed by atoms with Crippen LogP contribution in [0.1, 0.15) is 76.3 Å². The summed E-state index contributed by atoms with van der Waals surface area (Å²) in [7, 11) is 0. The fourth-order valence-electron chi connectivity index (χ4n) is 2.74. The number of hydrogen-bond acceptors (Lipinski definition) is 2. The molecule has 1 rings (SSSR count). The standard InChI is InChI=1S/C19H27NO/c1-5-7-17(8-6-2)19(21)18(13-20)16-11-9-15(10-12-16)14(3)4/h9-12,14,17-18H,5-8H2,1-4H3. The summed E-state index contributed by atoms with van der Waals surface area (Å²) in [6.45, 7) is 8.46. The van der Waals surface area contributed by atoms with E-state index in [2.05, 4.69) is 33.8 Å². The van der Waals surface area contributed by atoms with Gasteiger partial charge in [-0.3, -0.25) is 4.79 Å². The van der Waals surface area contributed by atoms with Crippen molar-refractivity contribution in [2.75, 3.05) is 0 Å². The lowest BCUT2D eigenvalue weighted by Gasteiger charge is -2.18. The van der Waals surface area contributed by atoms with Gasteiger partial charge in [0.25, 0.3) is 0 Å². The van der Waals surface area contributed by atoms with Gasteiger partial charge in [0, 0.05) is 5.92 Å². The quantitative estimate of drug-likeness (QED) is 0.658. The molecule has 0 spiro atoms. The average Bonchev–Trinajstić information content (AvgIpc) is 2.48. The Morgan fingerprint density at radius 1 is 1.05 bits per heavy atom. The van der Waals surface area contributed by atoms with E-state index in [-0.39, 0.29) is 11.7 Å². The molecule has 2 heteroatoms. The third-order valence-corrected chi connectivity index (χ3v) is 4.03. The number of Topliss-reactive ketones (excluding diaryl/α,β-unsaturated/α-hetero) is 1. The van der Waals surface area contributed by atoms with Crippen LogP contribution in [0.2, 0.25) is 0 Å². The van der Waals surface area contributed by atoms with Crippen LogP contribution < -0.4 is 0 Å². The third-order valence-electron chi connectivity index (χ3n) is 4.03. The molecule has 1 aromatic carbocycles. The second-order valence-corrected chi connectivity index (χ2v) is 6.06. The molecule has 0 aliphatic rings. The van der Waals surface area contributed by atoms with Crippen molar-refractivity contribution in [1.29, 1.82) is 5.26 Å². The van der Waals surface area contributed by atoms with Gasteiger partial charge in [-0.05, 0) is 29.9 Å². The third kappa shape index (κ3) is 4.70. The van der Waals surface area contributed by atoms with Crippen molar-refractivity contribution >= 4 is 5.78 Å². The highest BCUT2D eigenvalue weighted by molar-refractivity contribution is 5.90. The van der Waals surface area contributed by atoms with E-state index < -0.39 is 5.92 Å². The number of carbonyl (C=O) groups excluding carboxylic acids is 1. The fraction of sp³-hybridized carbons (Fsp3) is 0.579. The van der Waals surface area contributed by atoms with Crippen LogP contribution in [-0.2, 0) is 4.79 Å². The van der Waals surface area contributed by atoms with E-state index in [0.717, 1.165) is 31.2 Å². The van der Waals surface area contributed by atoms with Gasteiger partial charge in [-0.2, -0.15) is 5.26 Å². The Bertz CT molecular complexity index is 475. The molecule has 0 heterocycles. The maximum absolute atomic E-state index is 12.7. The van der Waals surface area contributed by atoms with Crippen molar-refractivity contribution in [3.63, 3.8) is 0 Å². The van der Waals surface area contributed by atoms with E-state index >= 15 is 0 Å². The van der Waals surface area contributed by atoms with Gasteiger partial charge in [-0.15, -0.1) is 0 Å². The fourth-order valence-corrected chi connectivity index (χ4v) is 2.74. The van der Waals surface area contributed by atoms with Crippen LogP contribution in [0.3, 0.4) is 0 Å². The zero-order chi connectivity index (χ0) is 15.8. The van der Waals surface area contributed by atoms with Crippen LogP contribution in [0, 0.1) is 17.2 Å². The van der Waals surface area contributed by atoms with Gasteiger partial charge in [0.1, 0.15) is 5.92 Å². The van der Waals surface area contributed by atoms with Crippen molar-refractivity contribution in [1.82, 2.24) is 0 Å². The molecular formula is C19H27NO. The van der Waals surface area contributed by atoms with Crippen LogP contribution in [0.15, 0.2) is 24.3 Å². The number of carbonyl (C=O) groups is 1. The molecule has 0 N–H and O–H groups in total. The maximum Gasteiger partial charge on any atom is 0.157 e. The molecule has 21 heavy (non-hydrogen) atoms. The SMILES string of the molecule is CCCC(CCC)C(=O)C(C#N)c1ccc(C(C)C)cc1. The van der Waals surface area contributed by atoms with E-state index in [1.54, 1.807) is 0 Å². The minimum absolute atomic E-state index is 0.0226. The van der Waals surface area contributed by atoms with Crippen LogP contribution in [0.25, 0.3) is 0 Å². The topological polar surface area (TPSA) is 40.9 Å². The summed E-state index contributed by atoms with van der Waals surface area (Å²) in [5.41, 5.74) is 2.07. The van der Waals surface area contributed by atoms with Gasteiger partial charge in [-0.25, -0.2) is 0 Å². The summed E-state index contributed by atoms with van der Waals surface area (Å²) in [6, 6.07) is 10.2. The minimum atomic E-state index is -0.616. The summed E-state index contributed by atoms with van der Waals surface area (Å²) in [4.78, 5) is 12.7. The molecule has 0 bridgehead atoms. The summed E-state index contributed by atoms with van der Waals surface area (Å²) in [5.74, 6) is -0.0366. The first-order valence-electron chi connectivity index (χ1n) is 8.08. The normalized spacial score (nSPS) is 12.4. The first kappa shape index (κ1) is 17.4. The van der Waals surface area contributed by atoms with E-state index in [4.69, 9.17) is 0 Å². The number of hydrogen-bond donors (Lipinski definition) is 0. The smallest absolute Gasteiger partial charge is 0.157 e. The number of benzene rings is 1. The van der Waals surface area contributed by atoms with Gasteiger partial charge >= 0.3 is 0 Å². The average molecular weight is 285 g/mol. The Morgan fingerprint density at radius 3 is 1.90 bits per heavy atom. The van der Waals surface area contributed by atoms with Crippen molar-refractivity contribution < 1.29 is 4.79 Å². The van der Waals surface area contributed by atoms with Crippen LogP contribution >= 0.6 is 0 Å². The first-order valence-corrected chi connectivity index (χ1v) is 8.08. The molecule has 0 saturated heterocycles. The Morgan fingerprint density at radius 2 is 1.52 bits per heavy atom. The van der Waals surface area contributed by atoms with E-state index in [0.29, 0.717) is 5.92 Å². The molecule has 1 aromatic rings. The maximum atomic E-state index is 12.7. The van der Waals surface area contributed by atoms with Gasteiger partial charge in [0.05, 0.1) is 6.07 Å². The molecule has 0 aliphatic heterocycles. The first-order chi connectivity index (χ1) is 10.0. The highest BCUT2D eigenvalue weighted by atomic mass is 16.1. The number of rotatable bonds is 8. The molecule has 114 valence electrons. The molecule has 1 atom stereocenters. The van der Waals surface area contributed by atoms with Crippen LogP contribution in [0.5, 0.6) is 0 Å². The van der Waals surface area contributed by atoms with E-state index in [9.17, 15) is 10.1 Å². The predicted molar refractivity (Wildman–Crippen MR) is 87.2 cm³/mol. The van der Waals surface area contributed by atoms with Gasteiger partial charge in [0.2, 0.25) is 0 Å². The zero-order valence-corrected chi connectivity index (χ0v) is 13.7. The molecule has 0 aromatic heterocycles. The summed E-state index contributed by atoms with van der Waals surface area (Å²) in [5, 5.41) is 9.44. The van der Waals surface area contributed by atoms with E-state index in [1.165, 1.54) is 5.56 Å². The van der Waals surface area contributed by atoms with Crippen molar-refractivity contribution in [2.24, 2.45) is 5.92 Å². The van der Waals surface area contributed by atoms with Gasteiger partial charge < -0.3 is 0 Å². The monoisotopic (exact) mass is 285 g/mol. The van der Waals surface area contributed by atoms with Crippen LogP contribution in [0.4, 0.5) is 0 Å². The van der Waals surface area contributed by atoms with Crippen molar-refractivity contribution in [2.45, 2.75) is 65.2 Å². The van der Waals surface area contributed by atoms with Crippen molar-refractivity contribution in [3.8, 4) is 6.07 Å². The second-order valence-electron chi connectivity index (χ2n) is 6.06. The van der Waals surface area contributed by atoms with Gasteiger partial charge in [-0.1, -0.05) is 64.8 Å². The largest absolute Gasteiger partial charge is 0.298 e. The second kappa shape index (κ2) is 8.62. The lowest BCUT2D eigenvalue weighted by atomic mass is 9.83. The molecule has 0 radical (unpaired) electrons. The Balaban J connectivity index is 2.95. The Labute approximate surface area is 129 Å². The zero-order valence-electron chi connectivity index (χ0n) is 13.7. The van der Waals surface area contributed by atoms with E-state index in [1.807, 2.05) is 24.3 Å². The summed E-state index contributed by atoms with van der Waals surface area (Å²) < 4.78 is 0. The highest BCUT2D eigenvalue weighted by Crippen LogP contribution is 2.26.